The summed E-state index contributed by atoms with van der Waals surface area (Å²) >= 11 is 0. The van der Waals surface area contributed by atoms with Gasteiger partial charge in [0.2, 0.25) is 5.91 Å². The highest BCUT2D eigenvalue weighted by atomic mass is 19.1. The Labute approximate surface area is 133 Å². The van der Waals surface area contributed by atoms with Crippen molar-refractivity contribution in [3.63, 3.8) is 0 Å². The first kappa shape index (κ1) is 14.2. The number of hydrogen-bond donors (Lipinski definition) is 0. The lowest BCUT2D eigenvalue weighted by Crippen LogP contribution is -2.28. The molecule has 0 saturated heterocycles. The van der Waals surface area contributed by atoms with Crippen molar-refractivity contribution in [2.75, 3.05) is 18.6 Å². The highest BCUT2D eigenvalue weighted by Gasteiger charge is 2.33. The van der Waals surface area contributed by atoms with E-state index < -0.39 is 0 Å². The number of amides is 1. The van der Waals surface area contributed by atoms with Crippen LogP contribution in [-0.4, -0.2) is 24.5 Å². The number of aromatic nitrogens is 1. The fourth-order valence-electron chi connectivity index (χ4n) is 3.03. The molecule has 4 nitrogen and oxygen atoms in total. The lowest BCUT2D eigenvalue weighted by atomic mass is 10.1. The van der Waals surface area contributed by atoms with E-state index in [4.69, 9.17) is 4.74 Å². The molecule has 0 spiro atoms. The molecule has 1 fully saturated rings. The Hall–Kier alpha value is -2.43. The number of anilines is 1. The summed E-state index contributed by atoms with van der Waals surface area (Å²) in [7, 11) is 1.52. The average molecular weight is 312 g/mol. The maximum Gasteiger partial charge on any atom is 0.233 e. The number of methoxy groups -OCH3 is 1. The van der Waals surface area contributed by atoms with Gasteiger partial charge in [0.05, 0.1) is 24.9 Å². The molecule has 1 aromatic carbocycles. The van der Waals surface area contributed by atoms with Gasteiger partial charge in [-0.2, -0.15) is 0 Å². The summed E-state index contributed by atoms with van der Waals surface area (Å²) in [6.45, 7) is 0.775. The van der Waals surface area contributed by atoms with Gasteiger partial charge in [0.25, 0.3) is 0 Å². The number of carbonyl (C=O) groups is 1. The van der Waals surface area contributed by atoms with Crippen molar-refractivity contribution >= 4 is 11.6 Å². The molecule has 2 aromatic rings. The van der Waals surface area contributed by atoms with Gasteiger partial charge >= 0.3 is 0 Å². The number of halogens is 1. The van der Waals surface area contributed by atoms with E-state index in [1.165, 1.54) is 32.1 Å². The van der Waals surface area contributed by atoms with Crippen LogP contribution in [0.3, 0.4) is 0 Å². The van der Waals surface area contributed by atoms with E-state index in [9.17, 15) is 9.18 Å². The molecule has 2 heterocycles. The van der Waals surface area contributed by atoms with E-state index in [2.05, 4.69) is 4.98 Å². The molecule has 1 saturated carbocycles. The molecule has 5 heteroatoms. The van der Waals surface area contributed by atoms with Crippen molar-refractivity contribution in [3.8, 4) is 16.9 Å². The summed E-state index contributed by atoms with van der Waals surface area (Å²) in [5.74, 6) is 0.853. The van der Waals surface area contributed by atoms with Gasteiger partial charge in [0, 0.05) is 29.9 Å². The van der Waals surface area contributed by atoms with Gasteiger partial charge in [-0.1, -0.05) is 0 Å². The number of hydrogen-bond acceptors (Lipinski definition) is 3. The summed E-state index contributed by atoms with van der Waals surface area (Å²) < 4.78 is 18.7. The second-order valence-corrected chi connectivity index (χ2v) is 6.16. The normalized spacial score (nSPS) is 16.6. The van der Waals surface area contributed by atoms with Crippen molar-refractivity contribution < 1.29 is 13.9 Å². The molecule has 23 heavy (non-hydrogen) atoms. The Morgan fingerprint density at radius 2 is 2.17 bits per heavy atom. The molecule has 1 aliphatic carbocycles. The minimum absolute atomic E-state index is 0.114. The zero-order valence-corrected chi connectivity index (χ0v) is 12.9. The first-order valence-electron chi connectivity index (χ1n) is 7.79. The lowest BCUT2D eigenvalue weighted by Gasteiger charge is -2.17. The van der Waals surface area contributed by atoms with Crippen LogP contribution in [0.5, 0.6) is 5.75 Å². The molecule has 0 bridgehead atoms. The number of benzene rings is 1. The van der Waals surface area contributed by atoms with Gasteiger partial charge in [0.15, 0.2) is 0 Å². The molecule has 0 unspecified atom stereocenters. The van der Waals surface area contributed by atoms with Gasteiger partial charge in [-0.15, -0.1) is 0 Å². The maximum absolute atomic E-state index is 13.4. The summed E-state index contributed by atoms with van der Waals surface area (Å²) in [5, 5.41) is 0. The van der Waals surface area contributed by atoms with Crippen LogP contribution < -0.4 is 9.64 Å². The zero-order valence-electron chi connectivity index (χ0n) is 12.9. The number of carbonyl (C=O) groups excluding carboxylic acids is 1. The Kier molecular flexibility index (Phi) is 3.29. The zero-order chi connectivity index (χ0) is 16.0. The van der Waals surface area contributed by atoms with Crippen molar-refractivity contribution in [2.24, 2.45) is 5.92 Å². The van der Waals surface area contributed by atoms with Crippen LogP contribution >= 0.6 is 0 Å². The van der Waals surface area contributed by atoms with Gasteiger partial charge < -0.3 is 9.64 Å². The van der Waals surface area contributed by atoms with Crippen LogP contribution in [0.15, 0.2) is 30.5 Å². The van der Waals surface area contributed by atoms with Crippen LogP contribution in [-0.2, 0) is 11.2 Å². The van der Waals surface area contributed by atoms with Crippen LogP contribution in [0.4, 0.5) is 10.1 Å². The minimum Gasteiger partial charge on any atom is -0.496 e. The van der Waals surface area contributed by atoms with E-state index in [0.29, 0.717) is 18.1 Å². The molecule has 0 radical (unpaired) electrons. The fraction of sp³-hybridized carbons (Fsp3) is 0.333. The van der Waals surface area contributed by atoms with E-state index in [-0.39, 0.29) is 11.7 Å². The van der Waals surface area contributed by atoms with Crippen molar-refractivity contribution in [1.82, 2.24) is 4.98 Å². The third kappa shape index (κ3) is 2.56. The van der Waals surface area contributed by atoms with Crippen LogP contribution in [0.25, 0.3) is 11.1 Å². The molecule has 0 N–H and O–H groups in total. The molecular weight excluding hydrogens is 295 g/mol. The standard InChI is InChI=1S/C18H17FN2O2/c1-23-17-7-13(19)4-5-14(17)12-6-16-15(20-9-12)8-18(22)21(16)10-11-2-3-11/h4-7,9,11H,2-3,8,10H2,1H3. The number of pyridine rings is 1. The predicted octanol–water partition coefficient (Wildman–Crippen LogP) is 3.20. The lowest BCUT2D eigenvalue weighted by molar-refractivity contribution is -0.117. The van der Waals surface area contributed by atoms with E-state index in [0.717, 1.165) is 29.1 Å². The van der Waals surface area contributed by atoms with E-state index >= 15 is 0 Å². The molecule has 1 amide bonds. The highest BCUT2D eigenvalue weighted by Crippen LogP contribution is 2.38. The third-order valence-corrected chi connectivity index (χ3v) is 4.47. The maximum atomic E-state index is 13.4. The average Bonchev–Trinajstić information content (AvgIpc) is 3.31. The Bertz CT molecular complexity index is 787. The third-order valence-electron chi connectivity index (χ3n) is 4.47. The summed E-state index contributed by atoms with van der Waals surface area (Å²) in [4.78, 5) is 18.5. The van der Waals surface area contributed by atoms with Gasteiger partial charge in [-0.25, -0.2) is 4.39 Å². The van der Waals surface area contributed by atoms with Crippen molar-refractivity contribution in [2.45, 2.75) is 19.3 Å². The molecule has 1 aliphatic heterocycles. The van der Waals surface area contributed by atoms with Crippen LogP contribution in [0, 0.1) is 11.7 Å². The number of rotatable bonds is 4. The quantitative estimate of drug-likeness (QED) is 0.870. The van der Waals surface area contributed by atoms with E-state index in [1.807, 2.05) is 11.0 Å². The topological polar surface area (TPSA) is 42.4 Å². The number of nitrogens with zero attached hydrogens (tertiary/aromatic N) is 2. The number of ether oxygens (including phenoxy) is 1. The predicted molar refractivity (Wildman–Crippen MR) is 85.0 cm³/mol. The van der Waals surface area contributed by atoms with Crippen LogP contribution in [0.2, 0.25) is 0 Å². The molecule has 0 atom stereocenters. The second-order valence-electron chi connectivity index (χ2n) is 6.16. The molecule has 1 aromatic heterocycles. The largest absolute Gasteiger partial charge is 0.496 e. The molecular formula is C18H17FN2O2. The van der Waals surface area contributed by atoms with Gasteiger partial charge in [-0.05, 0) is 37.0 Å². The molecule has 118 valence electrons. The monoisotopic (exact) mass is 312 g/mol. The Balaban J connectivity index is 1.75. The minimum atomic E-state index is -0.342. The number of fused-ring (bicyclic) bond motifs is 1. The summed E-state index contributed by atoms with van der Waals surface area (Å²) in [5.41, 5.74) is 3.30. The van der Waals surface area contributed by atoms with Crippen molar-refractivity contribution in [3.05, 3.63) is 42.0 Å². The van der Waals surface area contributed by atoms with E-state index in [1.54, 1.807) is 12.3 Å². The SMILES string of the molecule is COc1cc(F)ccc1-c1cnc2c(c1)N(CC1CC1)C(=O)C2. The van der Waals surface area contributed by atoms with Gasteiger partial charge in [-0.3, -0.25) is 9.78 Å². The Morgan fingerprint density at radius 3 is 2.91 bits per heavy atom. The summed E-state index contributed by atoms with van der Waals surface area (Å²) in [6, 6.07) is 6.40. The highest BCUT2D eigenvalue weighted by molar-refractivity contribution is 6.01. The van der Waals surface area contributed by atoms with Crippen LogP contribution in [0.1, 0.15) is 18.5 Å². The Morgan fingerprint density at radius 1 is 1.35 bits per heavy atom. The van der Waals surface area contributed by atoms with Crippen molar-refractivity contribution in [1.29, 1.82) is 0 Å². The fourth-order valence-corrected chi connectivity index (χ4v) is 3.03. The smallest absolute Gasteiger partial charge is 0.233 e. The molecule has 4 rings (SSSR count). The summed E-state index contributed by atoms with van der Waals surface area (Å²) in [6.07, 6.45) is 4.47. The molecule has 2 aliphatic rings. The first-order chi connectivity index (χ1) is 11.2. The van der Waals surface area contributed by atoms with Gasteiger partial charge in [0.1, 0.15) is 11.6 Å². The first-order valence-corrected chi connectivity index (χ1v) is 7.79. The second kappa shape index (κ2) is 5.33.